The molecule has 100 valence electrons. The molecule has 0 aromatic carbocycles. The van der Waals surface area contributed by atoms with Crippen molar-refractivity contribution in [2.45, 2.75) is 33.2 Å². The molecular formula is C12H19N3O3. The number of nitro groups is 1. The maximum absolute atomic E-state index is 10.9. The quantitative estimate of drug-likeness (QED) is 0.623. The number of ether oxygens (including phenoxy) is 1. The van der Waals surface area contributed by atoms with Gasteiger partial charge in [-0.15, -0.1) is 0 Å². The molecule has 0 radical (unpaired) electrons. The lowest BCUT2D eigenvalue weighted by Crippen LogP contribution is -2.24. The fourth-order valence-electron chi connectivity index (χ4n) is 1.51. The van der Waals surface area contributed by atoms with Gasteiger partial charge in [-0.2, -0.15) is 4.98 Å². The Morgan fingerprint density at radius 2 is 2.17 bits per heavy atom. The van der Waals surface area contributed by atoms with Crippen LogP contribution in [0.25, 0.3) is 0 Å². The van der Waals surface area contributed by atoms with E-state index in [9.17, 15) is 10.1 Å². The van der Waals surface area contributed by atoms with E-state index in [2.05, 4.69) is 24.1 Å². The molecule has 0 saturated heterocycles. The zero-order valence-corrected chi connectivity index (χ0v) is 11.1. The maximum atomic E-state index is 10.9. The molecule has 1 heterocycles. The van der Waals surface area contributed by atoms with Crippen molar-refractivity contribution >= 4 is 11.5 Å². The van der Waals surface area contributed by atoms with Crippen LogP contribution in [0.3, 0.4) is 0 Å². The van der Waals surface area contributed by atoms with Gasteiger partial charge in [0.1, 0.15) is 0 Å². The summed E-state index contributed by atoms with van der Waals surface area (Å²) < 4.78 is 4.98. The SMILES string of the molecule is CCC(C)C(C)Nc1nc(OC)ccc1[N+](=O)[O-]. The number of nitrogens with zero attached hydrogens (tertiary/aromatic N) is 2. The van der Waals surface area contributed by atoms with Crippen molar-refractivity contribution in [3.63, 3.8) is 0 Å². The van der Waals surface area contributed by atoms with Crippen molar-refractivity contribution in [1.29, 1.82) is 0 Å². The second-order valence-corrected chi connectivity index (χ2v) is 4.30. The average molecular weight is 253 g/mol. The fourth-order valence-corrected chi connectivity index (χ4v) is 1.51. The van der Waals surface area contributed by atoms with Gasteiger partial charge >= 0.3 is 5.69 Å². The van der Waals surface area contributed by atoms with E-state index < -0.39 is 4.92 Å². The van der Waals surface area contributed by atoms with E-state index in [0.29, 0.717) is 11.8 Å². The van der Waals surface area contributed by atoms with Gasteiger partial charge in [-0.05, 0) is 12.8 Å². The van der Waals surface area contributed by atoms with E-state index in [0.717, 1.165) is 6.42 Å². The van der Waals surface area contributed by atoms with E-state index in [4.69, 9.17) is 4.74 Å². The molecule has 0 saturated carbocycles. The van der Waals surface area contributed by atoms with Crippen molar-refractivity contribution < 1.29 is 9.66 Å². The Hall–Kier alpha value is -1.85. The van der Waals surface area contributed by atoms with Crippen LogP contribution in [-0.4, -0.2) is 23.1 Å². The van der Waals surface area contributed by atoms with Gasteiger partial charge < -0.3 is 10.1 Å². The number of hydrogen-bond donors (Lipinski definition) is 1. The van der Waals surface area contributed by atoms with Gasteiger partial charge in [-0.3, -0.25) is 10.1 Å². The first-order valence-electron chi connectivity index (χ1n) is 5.95. The van der Waals surface area contributed by atoms with Crippen LogP contribution < -0.4 is 10.1 Å². The Balaban J connectivity index is 3.00. The first-order valence-corrected chi connectivity index (χ1v) is 5.95. The summed E-state index contributed by atoms with van der Waals surface area (Å²) in [7, 11) is 1.48. The lowest BCUT2D eigenvalue weighted by molar-refractivity contribution is -0.384. The van der Waals surface area contributed by atoms with Crippen molar-refractivity contribution in [3.8, 4) is 5.88 Å². The van der Waals surface area contributed by atoms with E-state index in [1.165, 1.54) is 19.2 Å². The molecule has 1 rings (SSSR count). The van der Waals surface area contributed by atoms with Gasteiger partial charge in [0.25, 0.3) is 0 Å². The standard InChI is InChI=1S/C12H19N3O3/c1-5-8(2)9(3)13-12-10(15(16)17)6-7-11(14-12)18-4/h6-9H,5H2,1-4H3,(H,13,14). The highest BCUT2D eigenvalue weighted by molar-refractivity contribution is 5.57. The zero-order chi connectivity index (χ0) is 13.7. The second kappa shape index (κ2) is 6.18. The third-order valence-corrected chi connectivity index (χ3v) is 3.12. The van der Waals surface area contributed by atoms with Gasteiger partial charge in [0, 0.05) is 18.2 Å². The number of hydrogen-bond acceptors (Lipinski definition) is 5. The van der Waals surface area contributed by atoms with Crippen LogP contribution in [-0.2, 0) is 0 Å². The highest BCUT2D eigenvalue weighted by Crippen LogP contribution is 2.26. The fraction of sp³-hybridized carbons (Fsp3) is 0.583. The van der Waals surface area contributed by atoms with E-state index in [-0.39, 0.29) is 17.5 Å². The Morgan fingerprint density at radius 3 is 2.67 bits per heavy atom. The number of aromatic nitrogens is 1. The Bertz CT molecular complexity index is 423. The third-order valence-electron chi connectivity index (χ3n) is 3.12. The maximum Gasteiger partial charge on any atom is 0.311 e. The van der Waals surface area contributed by atoms with Crippen LogP contribution in [0.2, 0.25) is 0 Å². The van der Waals surface area contributed by atoms with Gasteiger partial charge in [0.2, 0.25) is 11.7 Å². The molecule has 1 N–H and O–H groups in total. The third kappa shape index (κ3) is 3.32. The van der Waals surface area contributed by atoms with E-state index in [1.54, 1.807) is 0 Å². The minimum absolute atomic E-state index is 0.0362. The molecule has 0 amide bonds. The molecule has 1 aromatic rings. The summed E-state index contributed by atoms with van der Waals surface area (Å²) in [5.74, 6) is 1.02. The molecule has 6 heteroatoms. The van der Waals surface area contributed by atoms with Gasteiger partial charge in [-0.1, -0.05) is 20.3 Å². The molecule has 2 atom stereocenters. The van der Waals surface area contributed by atoms with Crippen molar-refractivity contribution in [2.24, 2.45) is 5.92 Å². The van der Waals surface area contributed by atoms with Crippen LogP contribution in [0.15, 0.2) is 12.1 Å². The van der Waals surface area contributed by atoms with Crippen molar-refractivity contribution in [1.82, 2.24) is 4.98 Å². The van der Waals surface area contributed by atoms with Crippen LogP contribution in [0, 0.1) is 16.0 Å². The van der Waals surface area contributed by atoms with Gasteiger partial charge in [-0.25, -0.2) is 0 Å². The van der Waals surface area contributed by atoms with Crippen LogP contribution in [0.4, 0.5) is 11.5 Å². The Morgan fingerprint density at radius 1 is 1.50 bits per heavy atom. The minimum Gasteiger partial charge on any atom is -0.481 e. The highest BCUT2D eigenvalue weighted by atomic mass is 16.6. The summed E-state index contributed by atoms with van der Waals surface area (Å²) >= 11 is 0. The summed E-state index contributed by atoms with van der Waals surface area (Å²) in [5.41, 5.74) is -0.0362. The molecule has 0 spiro atoms. The number of methoxy groups -OCH3 is 1. The Labute approximate surface area is 107 Å². The van der Waals surface area contributed by atoms with E-state index >= 15 is 0 Å². The zero-order valence-electron chi connectivity index (χ0n) is 11.1. The summed E-state index contributed by atoms with van der Waals surface area (Å²) in [6.07, 6.45) is 0.992. The molecule has 0 aliphatic heterocycles. The van der Waals surface area contributed by atoms with Crippen LogP contribution in [0.1, 0.15) is 27.2 Å². The predicted octanol–water partition coefficient (Wildman–Crippen LogP) is 2.84. The summed E-state index contributed by atoms with van der Waals surface area (Å²) in [6, 6.07) is 2.99. The highest BCUT2D eigenvalue weighted by Gasteiger charge is 2.19. The smallest absolute Gasteiger partial charge is 0.311 e. The molecule has 6 nitrogen and oxygen atoms in total. The van der Waals surface area contributed by atoms with Crippen molar-refractivity contribution in [2.75, 3.05) is 12.4 Å². The monoisotopic (exact) mass is 253 g/mol. The number of nitrogens with one attached hydrogen (secondary N) is 1. The van der Waals surface area contributed by atoms with Gasteiger partial charge in [0.05, 0.1) is 12.0 Å². The molecular weight excluding hydrogens is 234 g/mol. The molecule has 1 aromatic heterocycles. The molecule has 0 aliphatic carbocycles. The topological polar surface area (TPSA) is 77.3 Å². The second-order valence-electron chi connectivity index (χ2n) is 4.30. The van der Waals surface area contributed by atoms with E-state index in [1.807, 2.05) is 6.92 Å². The molecule has 18 heavy (non-hydrogen) atoms. The summed E-state index contributed by atoms with van der Waals surface area (Å²) in [6.45, 7) is 6.15. The molecule has 0 fully saturated rings. The number of pyridine rings is 1. The largest absolute Gasteiger partial charge is 0.481 e. The van der Waals surface area contributed by atoms with Crippen LogP contribution in [0.5, 0.6) is 5.88 Å². The first kappa shape index (κ1) is 14.2. The first-order chi connectivity index (χ1) is 8.49. The number of anilines is 1. The normalized spacial score (nSPS) is 13.8. The lowest BCUT2D eigenvalue weighted by Gasteiger charge is -2.20. The summed E-state index contributed by atoms with van der Waals surface area (Å²) in [4.78, 5) is 14.6. The van der Waals surface area contributed by atoms with Crippen LogP contribution >= 0.6 is 0 Å². The Kier molecular flexibility index (Phi) is 4.88. The minimum atomic E-state index is -0.446. The molecule has 2 unspecified atom stereocenters. The summed E-state index contributed by atoms with van der Waals surface area (Å²) in [5, 5.41) is 14.0. The average Bonchev–Trinajstić information content (AvgIpc) is 2.37. The lowest BCUT2D eigenvalue weighted by atomic mass is 10.0. The molecule has 0 aliphatic rings. The number of rotatable bonds is 6. The van der Waals surface area contributed by atoms with Gasteiger partial charge in [0.15, 0.2) is 0 Å². The van der Waals surface area contributed by atoms with Crippen molar-refractivity contribution in [3.05, 3.63) is 22.2 Å². The predicted molar refractivity (Wildman–Crippen MR) is 70.0 cm³/mol. The molecule has 0 bridgehead atoms.